The van der Waals surface area contributed by atoms with Crippen molar-refractivity contribution in [3.63, 3.8) is 0 Å². The number of carboxylic acid groups (broad SMARTS) is 1. The molecule has 1 fully saturated rings. The predicted molar refractivity (Wildman–Crippen MR) is 153 cm³/mol. The Morgan fingerprint density at radius 3 is 2.26 bits per heavy atom. The predicted octanol–water partition coefficient (Wildman–Crippen LogP) is 1.76. The van der Waals surface area contributed by atoms with Crippen LogP contribution in [0.5, 0.6) is 11.5 Å². The maximum Gasteiger partial charge on any atom is 0.346 e. The molecular formula is C28H38N6O8. The summed E-state index contributed by atoms with van der Waals surface area (Å²) in [6.07, 6.45) is 2.57. The minimum Gasteiger partial charge on any atom is -0.496 e. The molecule has 4 amide bonds. The summed E-state index contributed by atoms with van der Waals surface area (Å²) >= 11 is 0. The molecule has 1 aliphatic rings. The van der Waals surface area contributed by atoms with Crippen molar-refractivity contribution in [2.24, 2.45) is 5.92 Å². The van der Waals surface area contributed by atoms with Crippen molar-refractivity contribution < 1.29 is 33.8 Å². The molecule has 2 heterocycles. The van der Waals surface area contributed by atoms with E-state index < -0.39 is 35.2 Å². The summed E-state index contributed by atoms with van der Waals surface area (Å²) in [6, 6.07) is 2.64. The first-order valence-electron chi connectivity index (χ1n) is 13.6. The number of ether oxygens (including phenoxy) is 2. The second kappa shape index (κ2) is 13.8. The van der Waals surface area contributed by atoms with Gasteiger partial charge in [-0.2, -0.15) is 4.98 Å². The highest BCUT2D eigenvalue weighted by molar-refractivity contribution is 6.08. The van der Waals surface area contributed by atoms with Crippen LogP contribution in [0.25, 0.3) is 0 Å². The van der Waals surface area contributed by atoms with Crippen molar-refractivity contribution in [1.29, 1.82) is 0 Å². The number of anilines is 1. The van der Waals surface area contributed by atoms with E-state index in [0.717, 1.165) is 0 Å². The minimum absolute atomic E-state index is 0.0498. The van der Waals surface area contributed by atoms with Gasteiger partial charge in [0.1, 0.15) is 28.9 Å². The molecule has 2 aromatic rings. The number of piperidine rings is 1. The second-order valence-electron chi connectivity index (χ2n) is 10.4. The molecule has 0 radical (unpaired) electrons. The Morgan fingerprint density at radius 1 is 1.12 bits per heavy atom. The van der Waals surface area contributed by atoms with Crippen molar-refractivity contribution in [3.8, 4) is 11.5 Å². The number of aliphatic carboxylic acids is 1. The largest absolute Gasteiger partial charge is 0.496 e. The highest BCUT2D eigenvalue weighted by Crippen LogP contribution is 2.29. The van der Waals surface area contributed by atoms with Crippen LogP contribution in [0.2, 0.25) is 0 Å². The zero-order valence-electron chi connectivity index (χ0n) is 24.4. The number of urea groups is 1. The molecule has 5 N–H and O–H groups in total. The fourth-order valence-electron chi connectivity index (χ4n) is 4.87. The summed E-state index contributed by atoms with van der Waals surface area (Å²) in [5, 5.41) is 17.8. The SMILES string of the molecule is CCC1(NC(=O)NC(Cc2c[nH]c(=O)nc2NC(=O)c2c(OC)cccc2OC)C(=O)O)CCN(C(=O)C(C)C)CC1. The van der Waals surface area contributed by atoms with Crippen molar-refractivity contribution >= 4 is 29.6 Å². The monoisotopic (exact) mass is 586 g/mol. The van der Waals surface area contributed by atoms with Crippen LogP contribution in [0.3, 0.4) is 0 Å². The van der Waals surface area contributed by atoms with Gasteiger partial charge < -0.3 is 40.4 Å². The van der Waals surface area contributed by atoms with Crippen LogP contribution in [-0.2, 0) is 16.0 Å². The summed E-state index contributed by atoms with van der Waals surface area (Å²) in [5.74, 6) is -1.86. The van der Waals surface area contributed by atoms with E-state index in [4.69, 9.17) is 9.47 Å². The van der Waals surface area contributed by atoms with Gasteiger partial charge in [-0.3, -0.25) is 9.59 Å². The van der Waals surface area contributed by atoms with Crippen molar-refractivity contribution in [1.82, 2.24) is 25.5 Å². The number of aromatic nitrogens is 2. The molecule has 14 nitrogen and oxygen atoms in total. The Bertz CT molecular complexity index is 1340. The molecule has 228 valence electrons. The van der Waals surface area contributed by atoms with E-state index in [1.807, 2.05) is 20.8 Å². The average Bonchev–Trinajstić information content (AvgIpc) is 2.97. The van der Waals surface area contributed by atoms with Gasteiger partial charge in [-0.25, -0.2) is 14.4 Å². The summed E-state index contributed by atoms with van der Waals surface area (Å²) < 4.78 is 10.5. The van der Waals surface area contributed by atoms with E-state index in [2.05, 4.69) is 25.9 Å². The molecule has 0 bridgehead atoms. The molecule has 1 aromatic heterocycles. The number of nitrogens with one attached hydrogen (secondary N) is 4. The number of H-pyrrole nitrogens is 1. The normalized spacial score (nSPS) is 15.0. The average molecular weight is 587 g/mol. The number of carbonyl (C=O) groups excluding carboxylic acids is 3. The van der Waals surface area contributed by atoms with Crippen molar-refractivity contribution in [2.45, 2.75) is 58.0 Å². The van der Waals surface area contributed by atoms with Gasteiger partial charge >= 0.3 is 17.7 Å². The molecular weight excluding hydrogens is 548 g/mol. The van der Waals surface area contributed by atoms with Gasteiger partial charge in [0.2, 0.25) is 5.91 Å². The molecule has 1 saturated heterocycles. The number of likely N-dealkylation sites (tertiary alicyclic amines) is 1. The van der Waals surface area contributed by atoms with Gasteiger partial charge in [0, 0.05) is 42.7 Å². The van der Waals surface area contributed by atoms with Gasteiger partial charge in [-0.1, -0.05) is 26.8 Å². The third-order valence-corrected chi connectivity index (χ3v) is 7.38. The summed E-state index contributed by atoms with van der Waals surface area (Å²) in [7, 11) is 2.77. The van der Waals surface area contributed by atoms with Crippen LogP contribution in [0, 0.1) is 5.92 Å². The highest BCUT2D eigenvalue weighted by atomic mass is 16.5. The van der Waals surface area contributed by atoms with Crippen LogP contribution in [0.4, 0.5) is 10.6 Å². The Labute approximate surface area is 243 Å². The Balaban J connectivity index is 1.76. The van der Waals surface area contributed by atoms with E-state index >= 15 is 0 Å². The van der Waals surface area contributed by atoms with E-state index in [0.29, 0.717) is 32.4 Å². The zero-order chi connectivity index (χ0) is 31.0. The number of hydrogen-bond acceptors (Lipinski definition) is 8. The van der Waals surface area contributed by atoms with E-state index in [9.17, 15) is 29.1 Å². The Hall–Kier alpha value is -4.62. The first-order chi connectivity index (χ1) is 19.9. The molecule has 0 spiro atoms. The lowest BCUT2D eigenvalue weighted by Crippen LogP contribution is -2.59. The van der Waals surface area contributed by atoms with E-state index in [-0.39, 0.29) is 46.7 Å². The number of amides is 4. The first-order valence-corrected chi connectivity index (χ1v) is 13.6. The number of aromatic amines is 1. The third-order valence-electron chi connectivity index (χ3n) is 7.38. The number of carbonyl (C=O) groups is 4. The molecule has 14 heteroatoms. The zero-order valence-corrected chi connectivity index (χ0v) is 24.4. The summed E-state index contributed by atoms with van der Waals surface area (Å²) in [6.45, 7) is 6.57. The lowest BCUT2D eigenvalue weighted by Gasteiger charge is -2.42. The standard InChI is InChI=1S/C28H38N6O8/c1-6-28(10-12-34(13-11-28)24(36)16(2)3)33-27(40)30-18(25(37)38)14-17-15-29-26(39)32-22(17)31-23(35)21-19(41-4)8-7-9-20(21)42-5/h7-9,15-16,18H,6,10-14H2,1-5H3,(H,37,38)(H2,30,33,40)(H2,29,31,32,35,39). The van der Waals surface area contributed by atoms with Crippen LogP contribution >= 0.6 is 0 Å². The Kier molecular flexibility index (Phi) is 10.5. The lowest BCUT2D eigenvalue weighted by molar-refractivity contribution is -0.139. The molecule has 42 heavy (non-hydrogen) atoms. The Morgan fingerprint density at radius 2 is 1.74 bits per heavy atom. The topological polar surface area (TPSA) is 192 Å². The third kappa shape index (κ3) is 7.56. The number of rotatable bonds is 11. The van der Waals surface area contributed by atoms with Gasteiger partial charge in [0.25, 0.3) is 5.91 Å². The van der Waals surface area contributed by atoms with Gasteiger partial charge in [0.05, 0.1) is 14.2 Å². The van der Waals surface area contributed by atoms with E-state index in [1.165, 1.54) is 20.4 Å². The highest BCUT2D eigenvalue weighted by Gasteiger charge is 2.37. The van der Waals surface area contributed by atoms with Crippen LogP contribution in [-0.4, -0.2) is 82.7 Å². The second-order valence-corrected chi connectivity index (χ2v) is 10.4. The number of carboxylic acids is 1. The number of methoxy groups -OCH3 is 2. The molecule has 1 aliphatic heterocycles. The van der Waals surface area contributed by atoms with Gasteiger partial charge in [-0.15, -0.1) is 0 Å². The number of benzene rings is 1. The quantitative estimate of drug-likeness (QED) is 0.261. The van der Waals surface area contributed by atoms with Crippen molar-refractivity contribution in [2.75, 3.05) is 32.6 Å². The fraction of sp³-hybridized carbons (Fsp3) is 0.500. The smallest absolute Gasteiger partial charge is 0.346 e. The molecule has 1 aromatic carbocycles. The molecule has 0 saturated carbocycles. The first kappa shape index (κ1) is 31.9. The van der Waals surface area contributed by atoms with Gasteiger partial charge in [0.15, 0.2) is 0 Å². The minimum atomic E-state index is -1.43. The number of nitrogens with zero attached hydrogens (tertiary/aromatic N) is 2. The maximum absolute atomic E-state index is 13.2. The van der Waals surface area contributed by atoms with Crippen molar-refractivity contribution in [3.05, 3.63) is 46.0 Å². The van der Waals surface area contributed by atoms with Crippen LogP contribution in [0.15, 0.2) is 29.2 Å². The maximum atomic E-state index is 13.2. The molecule has 1 atom stereocenters. The summed E-state index contributed by atoms with van der Waals surface area (Å²) in [5.41, 5.74) is -1.16. The van der Waals surface area contributed by atoms with Gasteiger partial charge in [-0.05, 0) is 31.4 Å². The van der Waals surface area contributed by atoms with Crippen LogP contribution in [0.1, 0.15) is 56.0 Å². The molecule has 3 rings (SSSR count). The van der Waals surface area contributed by atoms with E-state index in [1.54, 1.807) is 23.1 Å². The van der Waals surface area contributed by atoms with Crippen LogP contribution < -0.4 is 31.1 Å². The lowest BCUT2D eigenvalue weighted by atomic mass is 9.84. The number of hydrogen-bond donors (Lipinski definition) is 5. The molecule has 0 aliphatic carbocycles. The summed E-state index contributed by atoms with van der Waals surface area (Å²) in [4.78, 5) is 70.7. The molecule has 1 unspecified atom stereocenters. The fourth-order valence-corrected chi connectivity index (χ4v) is 4.87.